The fraction of sp³-hybridized carbons (Fsp3) is 0.318. The lowest BCUT2D eigenvalue weighted by Crippen LogP contribution is -2.53. The van der Waals surface area contributed by atoms with Crippen LogP contribution in [-0.2, 0) is 25.2 Å². The Hall–Kier alpha value is -3.84. The van der Waals surface area contributed by atoms with Crippen molar-refractivity contribution in [1.82, 2.24) is 19.4 Å². The van der Waals surface area contributed by atoms with E-state index in [1.807, 2.05) is 0 Å². The van der Waals surface area contributed by atoms with Crippen LogP contribution < -0.4 is 5.32 Å². The zero-order valence-electron chi connectivity index (χ0n) is 18.8. The molecule has 0 saturated carbocycles. The number of nitrogens with zero attached hydrogens (tertiary/aromatic N) is 4. The molecule has 2 aliphatic rings. The van der Waals surface area contributed by atoms with E-state index in [9.17, 15) is 32.9 Å². The Morgan fingerprint density at radius 3 is 2.34 bits per heavy atom. The standard InChI is InChI=1S/C22H23N5O7S/c1-22(16-6-3-2-4-7-16)20(29)26(21(30)23-22)15-19(28)24-10-12-25(13-11-24)35(33,34)18-9-5-8-17(14-18)27(31)32/h2-9,14H,10-13,15H2,1H3,(H,23,30)/t22-/m1/s1. The fourth-order valence-corrected chi connectivity index (χ4v) is 5.59. The largest absolute Gasteiger partial charge is 0.338 e. The Kier molecular flexibility index (Phi) is 6.30. The number of carbonyl (C=O) groups is 3. The number of hydrogen-bond acceptors (Lipinski definition) is 7. The zero-order chi connectivity index (χ0) is 25.4. The highest BCUT2D eigenvalue weighted by Crippen LogP contribution is 2.29. The first-order chi connectivity index (χ1) is 16.5. The van der Waals surface area contributed by atoms with Crippen LogP contribution in [0, 0.1) is 10.1 Å². The van der Waals surface area contributed by atoms with Crippen molar-refractivity contribution in [1.29, 1.82) is 0 Å². The molecule has 2 aromatic carbocycles. The number of nitro groups is 1. The van der Waals surface area contributed by atoms with E-state index in [1.165, 1.54) is 23.1 Å². The second-order valence-electron chi connectivity index (χ2n) is 8.35. The molecule has 0 radical (unpaired) electrons. The molecule has 2 heterocycles. The molecule has 184 valence electrons. The molecule has 4 rings (SSSR count). The minimum Gasteiger partial charge on any atom is -0.338 e. The maximum absolute atomic E-state index is 13.0. The number of amides is 4. The molecule has 2 aromatic rings. The number of hydrogen-bond donors (Lipinski definition) is 1. The summed E-state index contributed by atoms with van der Waals surface area (Å²) in [6.07, 6.45) is 0. The molecule has 4 amide bonds. The molecule has 13 heteroatoms. The second-order valence-corrected chi connectivity index (χ2v) is 10.3. The summed E-state index contributed by atoms with van der Waals surface area (Å²) in [5.74, 6) is -1.04. The van der Waals surface area contributed by atoms with Gasteiger partial charge in [0, 0.05) is 38.3 Å². The first-order valence-corrected chi connectivity index (χ1v) is 12.2. The topological polar surface area (TPSA) is 150 Å². The Bertz CT molecular complexity index is 1290. The van der Waals surface area contributed by atoms with Crippen LogP contribution in [0.4, 0.5) is 10.5 Å². The van der Waals surface area contributed by atoms with Crippen LogP contribution in [0.1, 0.15) is 12.5 Å². The molecule has 1 N–H and O–H groups in total. The van der Waals surface area contributed by atoms with E-state index in [0.717, 1.165) is 15.3 Å². The minimum absolute atomic E-state index is 0.0291. The maximum Gasteiger partial charge on any atom is 0.325 e. The lowest BCUT2D eigenvalue weighted by Gasteiger charge is -2.34. The summed E-state index contributed by atoms with van der Waals surface area (Å²) in [5.41, 5.74) is -1.03. The first-order valence-electron chi connectivity index (χ1n) is 10.8. The predicted molar refractivity (Wildman–Crippen MR) is 122 cm³/mol. The van der Waals surface area contributed by atoms with E-state index < -0.39 is 44.9 Å². The van der Waals surface area contributed by atoms with Gasteiger partial charge >= 0.3 is 6.03 Å². The number of urea groups is 1. The summed E-state index contributed by atoms with van der Waals surface area (Å²) in [5, 5.41) is 13.6. The smallest absolute Gasteiger partial charge is 0.325 e. The van der Waals surface area contributed by atoms with Gasteiger partial charge in [-0.15, -0.1) is 0 Å². The van der Waals surface area contributed by atoms with Crippen molar-refractivity contribution in [3.05, 3.63) is 70.3 Å². The lowest BCUT2D eigenvalue weighted by atomic mass is 9.92. The van der Waals surface area contributed by atoms with Crippen molar-refractivity contribution in [3.8, 4) is 0 Å². The zero-order valence-corrected chi connectivity index (χ0v) is 19.6. The second kappa shape index (κ2) is 9.07. The van der Waals surface area contributed by atoms with Crippen LogP contribution in [0.5, 0.6) is 0 Å². The van der Waals surface area contributed by atoms with Gasteiger partial charge in [-0.1, -0.05) is 36.4 Å². The van der Waals surface area contributed by atoms with Crippen molar-refractivity contribution in [2.24, 2.45) is 0 Å². The fourth-order valence-electron chi connectivity index (χ4n) is 4.13. The van der Waals surface area contributed by atoms with E-state index in [1.54, 1.807) is 37.3 Å². The number of benzene rings is 2. The van der Waals surface area contributed by atoms with Gasteiger partial charge in [0.1, 0.15) is 12.1 Å². The van der Waals surface area contributed by atoms with E-state index in [2.05, 4.69) is 5.32 Å². The summed E-state index contributed by atoms with van der Waals surface area (Å²) in [6, 6.07) is 12.8. The van der Waals surface area contributed by atoms with Crippen LogP contribution in [0.2, 0.25) is 0 Å². The lowest BCUT2D eigenvalue weighted by molar-refractivity contribution is -0.385. The number of sulfonamides is 1. The van der Waals surface area contributed by atoms with Gasteiger partial charge in [0.25, 0.3) is 11.6 Å². The number of imide groups is 1. The molecule has 35 heavy (non-hydrogen) atoms. The Labute approximate surface area is 201 Å². The Morgan fingerprint density at radius 1 is 1.06 bits per heavy atom. The predicted octanol–water partition coefficient (Wildman–Crippen LogP) is 0.895. The van der Waals surface area contributed by atoms with Crippen molar-refractivity contribution in [3.63, 3.8) is 0 Å². The van der Waals surface area contributed by atoms with Gasteiger partial charge in [0.15, 0.2) is 0 Å². The number of piperazine rings is 1. The summed E-state index contributed by atoms with van der Waals surface area (Å²) in [6.45, 7) is 1.14. The molecule has 2 saturated heterocycles. The van der Waals surface area contributed by atoms with E-state index >= 15 is 0 Å². The maximum atomic E-state index is 13.0. The molecule has 0 aliphatic carbocycles. The molecule has 2 aliphatic heterocycles. The molecule has 0 bridgehead atoms. The van der Waals surface area contributed by atoms with Crippen molar-refractivity contribution >= 4 is 33.6 Å². The van der Waals surface area contributed by atoms with Gasteiger partial charge in [-0.3, -0.25) is 24.6 Å². The van der Waals surface area contributed by atoms with Gasteiger partial charge < -0.3 is 10.2 Å². The molecule has 0 unspecified atom stereocenters. The van der Waals surface area contributed by atoms with Crippen molar-refractivity contribution in [2.75, 3.05) is 32.7 Å². The molecule has 12 nitrogen and oxygen atoms in total. The van der Waals surface area contributed by atoms with Crippen LogP contribution in [0.25, 0.3) is 0 Å². The molecule has 1 atom stereocenters. The summed E-state index contributed by atoms with van der Waals surface area (Å²) < 4.78 is 27.0. The normalized spacial score (nSPS) is 21.2. The molecular formula is C22H23N5O7S. The monoisotopic (exact) mass is 501 g/mol. The molecular weight excluding hydrogens is 478 g/mol. The number of non-ortho nitro benzene ring substituents is 1. The van der Waals surface area contributed by atoms with Crippen LogP contribution in [0.15, 0.2) is 59.5 Å². The number of nitrogens with one attached hydrogen (secondary N) is 1. The highest BCUT2D eigenvalue weighted by atomic mass is 32.2. The first kappa shape index (κ1) is 24.3. The van der Waals surface area contributed by atoms with Crippen molar-refractivity contribution < 1.29 is 27.7 Å². The van der Waals surface area contributed by atoms with Gasteiger partial charge in [-0.05, 0) is 18.6 Å². The average Bonchev–Trinajstić information content (AvgIpc) is 3.08. The van der Waals surface area contributed by atoms with E-state index in [-0.39, 0.29) is 36.8 Å². The van der Waals surface area contributed by atoms with Gasteiger partial charge in [0.2, 0.25) is 15.9 Å². The molecule has 0 aromatic heterocycles. The summed E-state index contributed by atoms with van der Waals surface area (Å²) in [7, 11) is -3.99. The third kappa shape index (κ3) is 4.47. The third-order valence-electron chi connectivity index (χ3n) is 6.18. The Morgan fingerprint density at radius 2 is 1.71 bits per heavy atom. The average molecular weight is 502 g/mol. The highest BCUT2D eigenvalue weighted by molar-refractivity contribution is 7.89. The third-order valence-corrected chi connectivity index (χ3v) is 8.07. The summed E-state index contributed by atoms with van der Waals surface area (Å²) in [4.78, 5) is 50.7. The number of carbonyl (C=O) groups excluding carboxylic acids is 3. The van der Waals surface area contributed by atoms with Crippen molar-refractivity contribution in [2.45, 2.75) is 17.4 Å². The van der Waals surface area contributed by atoms with Crippen LogP contribution >= 0.6 is 0 Å². The van der Waals surface area contributed by atoms with E-state index in [4.69, 9.17) is 0 Å². The van der Waals surface area contributed by atoms with E-state index in [0.29, 0.717) is 5.56 Å². The summed E-state index contributed by atoms with van der Waals surface area (Å²) >= 11 is 0. The van der Waals surface area contributed by atoms with Crippen LogP contribution in [0.3, 0.4) is 0 Å². The van der Waals surface area contributed by atoms with Gasteiger partial charge in [-0.25, -0.2) is 13.2 Å². The minimum atomic E-state index is -3.99. The highest BCUT2D eigenvalue weighted by Gasteiger charge is 2.49. The molecule has 0 spiro atoms. The van der Waals surface area contributed by atoms with Crippen LogP contribution in [-0.4, -0.2) is 78.0 Å². The quantitative estimate of drug-likeness (QED) is 0.351. The SMILES string of the molecule is C[C@]1(c2ccccc2)NC(=O)N(CC(=O)N2CCN(S(=O)(=O)c3cccc([N+](=O)[O-])c3)CC2)C1=O. The Balaban J connectivity index is 1.40. The number of rotatable bonds is 6. The van der Waals surface area contributed by atoms with Gasteiger partial charge in [-0.2, -0.15) is 4.31 Å². The number of nitro benzene ring substituents is 1. The molecule has 2 fully saturated rings. The van der Waals surface area contributed by atoms with Gasteiger partial charge in [0.05, 0.1) is 9.82 Å².